The van der Waals surface area contributed by atoms with Gasteiger partial charge in [0.2, 0.25) is 11.1 Å². The number of aryl methyl sites for hydroxylation is 1. The van der Waals surface area contributed by atoms with Gasteiger partial charge < -0.3 is 5.32 Å². The fraction of sp³-hybridized carbons (Fsp3) is 0.389. The quantitative estimate of drug-likeness (QED) is 0.847. The van der Waals surface area contributed by atoms with E-state index in [0.29, 0.717) is 12.3 Å². The number of anilines is 1. The Morgan fingerprint density at radius 2 is 2.17 bits per heavy atom. The van der Waals surface area contributed by atoms with Crippen LogP contribution in [-0.4, -0.2) is 26.8 Å². The van der Waals surface area contributed by atoms with Crippen molar-refractivity contribution < 1.29 is 4.79 Å². The van der Waals surface area contributed by atoms with Gasteiger partial charge in [0, 0.05) is 17.7 Å². The molecule has 0 amide bonds. The van der Waals surface area contributed by atoms with Gasteiger partial charge in [0.05, 0.1) is 0 Å². The smallest absolute Gasteiger partial charge is 0.227 e. The number of thioether (sulfide) groups is 1. The van der Waals surface area contributed by atoms with Crippen LogP contribution < -0.4 is 5.32 Å². The van der Waals surface area contributed by atoms with E-state index in [9.17, 15) is 4.79 Å². The molecule has 2 aliphatic rings. The van der Waals surface area contributed by atoms with Crippen molar-refractivity contribution in [3.05, 3.63) is 46.7 Å². The summed E-state index contributed by atoms with van der Waals surface area (Å²) in [5.41, 5.74) is 4.13. The van der Waals surface area contributed by atoms with Crippen LogP contribution in [0, 0.1) is 12.8 Å². The molecule has 1 aliphatic carbocycles. The molecule has 6 heteroatoms. The molecular formula is C18H20N4OS. The van der Waals surface area contributed by atoms with Crippen LogP contribution in [0.15, 0.2) is 40.7 Å². The third-order valence-electron chi connectivity index (χ3n) is 4.64. The Labute approximate surface area is 145 Å². The normalized spacial score (nSPS) is 22.9. The molecule has 1 N–H and O–H groups in total. The van der Waals surface area contributed by atoms with Gasteiger partial charge in [0.25, 0.3) is 0 Å². The summed E-state index contributed by atoms with van der Waals surface area (Å²) in [7, 11) is 0. The number of fused-ring (bicyclic) bond motifs is 1. The molecule has 24 heavy (non-hydrogen) atoms. The van der Waals surface area contributed by atoms with E-state index in [4.69, 9.17) is 0 Å². The van der Waals surface area contributed by atoms with Gasteiger partial charge >= 0.3 is 0 Å². The lowest BCUT2D eigenvalue weighted by Gasteiger charge is -2.34. The Morgan fingerprint density at radius 1 is 1.33 bits per heavy atom. The molecule has 0 bridgehead atoms. The second-order valence-corrected chi connectivity index (χ2v) is 7.41. The number of aromatic nitrogens is 3. The molecule has 1 aromatic heterocycles. The van der Waals surface area contributed by atoms with Crippen molar-refractivity contribution in [1.82, 2.24) is 14.8 Å². The lowest BCUT2D eigenvalue weighted by Crippen LogP contribution is -2.33. The number of nitrogens with one attached hydrogen (secondary N) is 1. The summed E-state index contributed by atoms with van der Waals surface area (Å²) in [6.07, 6.45) is 3.44. The average molecular weight is 340 g/mol. The molecule has 4 rings (SSSR count). The predicted molar refractivity (Wildman–Crippen MR) is 95.2 cm³/mol. The van der Waals surface area contributed by atoms with Crippen LogP contribution >= 0.6 is 11.8 Å². The van der Waals surface area contributed by atoms with Gasteiger partial charge in [0.15, 0.2) is 5.78 Å². The van der Waals surface area contributed by atoms with Crippen molar-refractivity contribution in [3.8, 4) is 0 Å². The summed E-state index contributed by atoms with van der Waals surface area (Å²) in [6, 6.07) is 8.12. The monoisotopic (exact) mass is 340 g/mol. The first-order valence-electron chi connectivity index (χ1n) is 8.17. The molecular weight excluding hydrogens is 320 g/mol. The van der Waals surface area contributed by atoms with Gasteiger partial charge in [-0.1, -0.05) is 48.5 Å². The highest BCUT2D eigenvalue weighted by Crippen LogP contribution is 2.41. The third-order valence-corrected chi connectivity index (χ3v) is 5.18. The molecule has 5 nitrogen and oxygen atoms in total. The van der Waals surface area contributed by atoms with E-state index in [2.05, 4.69) is 47.4 Å². The number of nitrogens with zero attached hydrogens (tertiary/aromatic N) is 3. The Morgan fingerprint density at radius 3 is 2.92 bits per heavy atom. The Balaban J connectivity index is 1.92. The van der Waals surface area contributed by atoms with Crippen molar-refractivity contribution in [2.24, 2.45) is 5.92 Å². The first-order chi connectivity index (χ1) is 11.6. The van der Waals surface area contributed by atoms with Crippen molar-refractivity contribution in [1.29, 1.82) is 0 Å². The Kier molecular flexibility index (Phi) is 3.72. The minimum Gasteiger partial charge on any atom is -0.328 e. The summed E-state index contributed by atoms with van der Waals surface area (Å²) >= 11 is 1.51. The van der Waals surface area contributed by atoms with Crippen LogP contribution in [0.1, 0.15) is 36.9 Å². The number of rotatable bonds is 2. The molecule has 0 saturated carbocycles. The number of ketones is 1. The standard InChI is InChI=1S/C18H20N4OS/c1-10-5-4-6-12(7-10)16-15-13(8-11(2)9-14(15)23)19-17-20-18(24-3)21-22(16)17/h4-7,11,16H,8-9H2,1-3H3,(H,19,20,21)/t11-,16+/m0/s1. The molecule has 0 fully saturated rings. The van der Waals surface area contributed by atoms with Gasteiger partial charge in [-0.2, -0.15) is 4.98 Å². The SMILES string of the molecule is CSc1nc2n(n1)[C@H](c1cccc(C)c1)C1=C(C[C@H](C)CC1=O)N2. The van der Waals surface area contributed by atoms with Crippen molar-refractivity contribution in [3.63, 3.8) is 0 Å². The van der Waals surface area contributed by atoms with E-state index < -0.39 is 0 Å². The van der Waals surface area contributed by atoms with E-state index in [1.165, 1.54) is 17.3 Å². The summed E-state index contributed by atoms with van der Waals surface area (Å²) in [6.45, 7) is 4.19. The maximum atomic E-state index is 12.8. The molecule has 0 spiro atoms. The van der Waals surface area contributed by atoms with Crippen LogP contribution in [-0.2, 0) is 4.79 Å². The first kappa shape index (κ1) is 15.4. The van der Waals surface area contributed by atoms with Crippen molar-refractivity contribution in [2.75, 3.05) is 11.6 Å². The summed E-state index contributed by atoms with van der Waals surface area (Å²) < 4.78 is 1.87. The van der Waals surface area contributed by atoms with Crippen molar-refractivity contribution >= 4 is 23.5 Å². The number of hydrogen-bond acceptors (Lipinski definition) is 5. The fourth-order valence-electron chi connectivity index (χ4n) is 3.62. The minimum absolute atomic E-state index is 0.190. The highest BCUT2D eigenvalue weighted by atomic mass is 32.2. The van der Waals surface area contributed by atoms with E-state index in [1.54, 1.807) is 0 Å². The zero-order valence-electron chi connectivity index (χ0n) is 14.0. The minimum atomic E-state index is -0.190. The lowest BCUT2D eigenvalue weighted by molar-refractivity contribution is -0.117. The van der Waals surface area contributed by atoms with Gasteiger partial charge in [-0.15, -0.1) is 5.10 Å². The molecule has 0 saturated heterocycles. The van der Waals surface area contributed by atoms with Gasteiger partial charge in [-0.05, 0) is 31.1 Å². The largest absolute Gasteiger partial charge is 0.328 e. The number of benzene rings is 1. The molecule has 1 aliphatic heterocycles. The van der Waals surface area contributed by atoms with E-state index >= 15 is 0 Å². The summed E-state index contributed by atoms with van der Waals surface area (Å²) in [5.74, 6) is 1.30. The highest BCUT2D eigenvalue weighted by molar-refractivity contribution is 7.98. The maximum Gasteiger partial charge on any atom is 0.227 e. The first-order valence-corrected chi connectivity index (χ1v) is 9.39. The zero-order chi connectivity index (χ0) is 16.8. The average Bonchev–Trinajstić information content (AvgIpc) is 2.95. The van der Waals surface area contributed by atoms with Crippen LogP contribution in [0.5, 0.6) is 0 Å². The van der Waals surface area contributed by atoms with E-state index in [1.807, 2.05) is 17.0 Å². The molecule has 2 heterocycles. The zero-order valence-corrected chi connectivity index (χ0v) is 14.9. The van der Waals surface area contributed by atoms with Crippen LogP contribution in [0.2, 0.25) is 0 Å². The van der Waals surface area contributed by atoms with Crippen LogP contribution in [0.4, 0.5) is 5.95 Å². The van der Waals surface area contributed by atoms with Gasteiger partial charge in [-0.25, -0.2) is 4.68 Å². The molecule has 0 radical (unpaired) electrons. The van der Waals surface area contributed by atoms with E-state index in [0.717, 1.165) is 34.4 Å². The molecule has 2 atom stereocenters. The molecule has 2 aromatic rings. The second-order valence-electron chi connectivity index (χ2n) is 6.64. The lowest BCUT2D eigenvalue weighted by atomic mass is 9.81. The molecule has 1 aromatic carbocycles. The second kappa shape index (κ2) is 5.77. The van der Waals surface area contributed by atoms with Crippen LogP contribution in [0.3, 0.4) is 0 Å². The number of Topliss-reactive ketones (excluding diaryl/α,β-unsaturated/α-hetero) is 1. The Hall–Kier alpha value is -2.08. The van der Waals surface area contributed by atoms with Crippen molar-refractivity contribution in [2.45, 2.75) is 37.9 Å². The van der Waals surface area contributed by atoms with Crippen LogP contribution in [0.25, 0.3) is 0 Å². The maximum absolute atomic E-state index is 12.8. The summed E-state index contributed by atoms with van der Waals surface area (Å²) in [5, 5.41) is 8.70. The topological polar surface area (TPSA) is 59.8 Å². The number of carbonyl (C=O) groups is 1. The van der Waals surface area contributed by atoms with E-state index in [-0.39, 0.29) is 11.8 Å². The highest BCUT2D eigenvalue weighted by Gasteiger charge is 2.38. The number of hydrogen-bond donors (Lipinski definition) is 1. The van der Waals surface area contributed by atoms with Gasteiger partial charge in [0.1, 0.15) is 6.04 Å². The molecule has 124 valence electrons. The Bertz CT molecular complexity index is 854. The predicted octanol–water partition coefficient (Wildman–Crippen LogP) is 3.58. The fourth-order valence-corrected chi connectivity index (χ4v) is 3.97. The van der Waals surface area contributed by atoms with Gasteiger partial charge in [-0.3, -0.25) is 4.79 Å². The number of carbonyl (C=O) groups excluding carboxylic acids is 1. The molecule has 0 unspecified atom stereocenters. The third kappa shape index (κ3) is 2.45. The number of allylic oxidation sites excluding steroid dienone is 2. The summed E-state index contributed by atoms with van der Waals surface area (Å²) in [4.78, 5) is 17.4.